The van der Waals surface area contributed by atoms with E-state index in [4.69, 9.17) is 0 Å². The lowest BCUT2D eigenvalue weighted by Crippen LogP contribution is -2.30. The van der Waals surface area contributed by atoms with Gasteiger partial charge in [0, 0.05) is 5.56 Å². The minimum atomic E-state index is -1.05. The lowest BCUT2D eigenvalue weighted by atomic mass is 10.1. The number of aromatic nitrogens is 1. The van der Waals surface area contributed by atoms with Gasteiger partial charge >= 0.3 is 0 Å². The largest absolute Gasteiger partial charge is 0.279 e. The molecule has 0 radical (unpaired) electrons. The summed E-state index contributed by atoms with van der Waals surface area (Å²) in [7, 11) is 0. The van der Waals surface area contributed by atoms with Crippen LogP contribution in [0.1, 0.15) is 21.5 Å². The van der Waals surface area contributed by atoms with Crippen molar-refractivity contribution >= 4 is 32.6 Å². The molecule has 3 aromatic carbocycles. The molecule has 0 aliphatic heterocycles. The van der Waals surface area contributed by atoms with Crippen LogP contribution in [0.2, 0.25) is 0 Å². The van der Waals surface area contributed by atoms with Gasteiger partial charge in [-0.1, -0.05) is 53.8 Å². The van der Waals surface area contributed by atoms with Crippen molar-refractivity contribution in [1.29, 1.82) is 0 Å². The number of halogens is 2. The van der Waals surface area contributed by atoms with Crippen molar-refractivity contribution in [2.24, 2.45) is 0 Å². The lowest BCUT2D eigenvalue weighted by Gasteiger charge is -2.20. The van der Waals surface area contributed by atoms with Crippen LogP contribution >= 0.6 is 11.3 Å². The Morgan fingerprint density at radius 1 is 1.00 bits per heavy atom. The number of aryl methyl sites for hydroxylation is 1. The molecule has 4 aromatic rings. The molecule has 0 N–H and O–H groups in total. The van der Waals surface area contributed by atoms with E-state index >= 15 is 0 Å². The molecular formula is C22H16F2N2OS. The second kappa shape index (κ2) is 7.48. The summed E-state index contributed by atoms with van der Waals surface area (Å²) in [6.07, 6.45) is 0. The number of anilines is 1. The van der Waals surface area contributed by atoms with Gasteiger partial charge in [-0.05, 0) is 42.3 Å². The van der Waals surface area contributed by atoms with Gasteiger partial charge in [-0.15, -0.1) is 0 Å². The zero-order chi connectivity index (χ0) is 19.7. The van der Waals surface area contributed by atoms with E-state index in [-0.39, 0.29) is 12.1 Å². The number of carbonyl (C=O) groups excluding carboxylic acids is 1. The van der Waals surface area contributed by atoms with Gasteiger partial charge in [-0.2, -0.15) is 0 Å². The van der Waals surface area contributed by atoms with Crippen LogP contribution in [0, 0.1) is 18.6 Å². The van der Waals surface area contributed by atoms with E-state index in [1.807, 2.05) is 55.5 Å². The molecule has 0 fully saturated rings. The summed E-state index contributed by atoms with van der Waals surface area (Å²) in [6.45, 7) is 2.24. The number of nitrogens with zero attached hydrogens (tertiary/aromatic N) is 2. The van der Waals surface area contributed by atoms with Crippen LogP contribution in [-0.2, 0) is 6.54 Å². The Hall–Kier alpha value is -3.12. The minimum absolute atomic E-state index is 0.0748. The average molecular weight is 394 g/mol. The van der Waals surface area contributed by atoms with Gasteiger partial charge in [0.15, 0.2) is 16.8 Å². The maximum absolute atomic E-state index is 13.7. The molecule has 0 atom stereocenters. The second-order valence-electron chi connectivity index (χ2n) is 6.42. The smallest absolute Gasteiger partial charge is 0.260 e. The van der Waals surface area contributed by atoms with Crippen LogP contribution in [0.3, 0.4) is 0 Å². The maximum Gasteiger partial charge on any atom is 0.260 e. The first-order chi connectivity index (χ1) is 13.5. The number of carbonyl (C=O) groups is 1. The molecule has 0 spiro atoms. The molecule has 6 heteroatoms. The molecule has 1 aromatic heterocycles. The standard InChI is InChI=1S/C22H16F2N2OS/c1-14-6-5-9-19-20(14)25-22(28-19)26(13-15-7-3-2-4-8-15)21(27)16-10-11-17(23)18(24)12-16/h2-12H,13H2,1H3. The number of thiazole rings is 1. The molecule has 1 amide bonds. The summed E-state index contributed by atoms with van der Waals surface area (Å²) < 4.78 is 28.0. The Morgan fingerprint density at radius 2 is 1.79 bits per heavy atom. The highest BCUT2D eigenvalue weighted by molar-refractivity contribution is 7.22. The third kappa shape index (κ3) is 3.51. The van der Waals surface area contributed by atoms with Crippen molar-refractivity contribution < 1.29 is 13.6 Å². The topological polar surface area (TPSA) is 33.2 Å². The second-order valence-corrected chi connectivity index (χ2v) is 7.43. The molecule has 4 rings (SSSR count). The summed E-state index contributed by atoms with van der Waals surface area (Å²) in [5.41, 5.74) is 2.83. The van der Waals surface area contributed by atoms with Crippen molar-refractivity contribution in [2.45, 2.75) is 13.5 Å². The molecule has 0 bridgehead atoms. The maximum atomic E-state index is 13.7. The third-order valence-electron chi connectivity index (χ3n) is 4.44. The highest BCUT2D eigenvalue weighted by Gasteiger charge is 2.23. The van der Waals surface area contributed by atoms with Crippen LogP contribution in [0.15, 0.2) is 66.7 Å². The average Bonchev–Trinajstić information content (AvgIpc) is 3.14. The van der Waals surface area contributed by atoms with E-state index in [0.717, 1.165) is 33.5 Å². The number of fused-ring (bicyclic) bond motifs is 1. The number of para-hydroxylation sites is 1. The van der Waals surface area contributed by atoms with Gasteiger partial charge in [0.2, 0.25) is 0 Å². The monoisotopic (exact) mass is 394 g/mol. The van der Waals surface area contributed by atoms with E-state index in [0.29, 0.717) is 5.13 Å². The summed E-state index contributed by atoms with van der Waals surface area (Å²) >= 11 is 1.40. The first-order valence-electron chi connectivity index (χ1n) is 8.70. The highest BCUT2D eigenvalue weighted by atomic mass is 32.1. The Bertz CT molecular complexity index is 1160. The van der Waals surface area contributed by atoms with Crippen LogP contribution in [-0.4, -0.2) is 10.9 Å². The SMILES string of the molecule is Cc1cccc2sc(N(Cc3ccccc3)C(=O)c3ccc(F)c(F)c3)nc12. The Kier molecular flexibility index (Phi) is 4.88. The van der Waals surface area contributed by atoms with E-state index in [2.05, 4.69) is 4.98 Å². The van der Waals surface area contributed by atoms with Gasteiger partial charge in [-0.3, -0.25) is 9.69 Å². The fourth-order valence-corrected chi connectivity index (χ4v) is 4.01. The van der Waals surface area contributed by atoms with Gasteiger partial charge in [0.25, 0.3) is 5.91 Å². The van der Waals surface area contributed by atoms with Gasteiger partial charge < -0.3 is 0 Å². The van der Waals surface area contributed by atoms with E-state index in [1.54, 1.807) is 0 Å². The van der Waals surface area contributed by atoms with E-state index in [9.17, 15) is 13.6 Å². The van der Waals surface area contributed by atoms with Crippen molar-refractivity contribution in [3.63, 3.8) is 0 Å². The van der Waals surface area contributed by atoms with Crippen molar-refractivity contribution in [2.75, 3.05) is 4.90 Å². The molecule has 28 heavy (non-hydrogen) atoms. The van der Waals surface area contributed by atoms with Crippen LogP contribution in [0.4, 0.5) is 13.9 Å². The first kappa shape index (κ1) is 18.3. The number of benzene rings is 3. The number of amides is 1. The molecule has 0 aliphatic carbocycles. The van der Waals surface area contributed by atoms with Crippen molar-refractivity contribution in [3.05, 3.63) is 95.1 Å². The molecule has 0 aliphatic rings. The highest BCUT2D eigenvalue weighted by Crippen LogP contribution is 2.32. The fraction of sp³-hybridized carbons (Fsp3) is 0.0909. The van der Waals surface area contributed by atoms with Crippen molar-refractivity contribution in [3.8, 4) is 0 Å². The Balaban J connectivity index is 1.79. The summed E-state index contributed by atoms with van der Waals surface area (Å²) in [5, 5.41) is 0.517. The molecular weight excluding hydrogens is 378 g/mol. The fourth-order valence-electron chi connectivity index (χ4n) is 2.97. The summed E-state index contributed by atoms with van der Waals surface area (Å²) in [5.74, 6) is -2.47. The third-order valence-corrected chi connectivity index (χ3v) is 5.48. The predicted octanol–water partition coefficient (Wildman–Crippen LogP) is 5.73. The van der Waals surface area contributed by atoms with Crippen molar-refractivity contribution in [1.82, 2.24) is 4.98 Å². The Labute approximate surface area is 164 Å². The van der Waals surface area contributed by atoms with Gasteiger partial charge in [0.1, 0.15) is 0 Å². The lowest BCUT2D eigenvalue weighted by molar-refractivity contribution is 0.0984. The van der Waals surface area contributed by atoms with E-state index < -0.39 is 17.5 Å². The first-order valence-corrected chi connectivity index (χ1v) is 9.51. The van der Waals surface area contributed by atoms with E-state index in [1.165, 1.54) is 22.3 Å². The number of hydrogen-bond acceptors (Lipinski definition) is 3. The molecule has 3 nitrogen and oxygen atoms in total. The van der Waals surface area contributed by atoms with Crippen LogP contribution < -0.4 is 4.90 Å². The molecule has 0 unspecified atom stereocenters. The van der Waals surface area contributed by atoms with Crippen LogP contribution in [0.25, 0.3) is 10.2 Å². The zero-order valence-electron chi connectivity index (χ0n) is 15.0. The molecule has 1 heterocycles. The predicted molar refractivity (Wildman–Crippen MR) is 108 cm³/mol. The van der Waals surface area contributed by atoms with Gasteiger partial charge in [-0.25, -0.2) is 13.8 Å². The normalized spacial score (nSPS) is 11.0. The zero-order valence-corrected chi connectivity index (χ0v) is 15.8. The number of rotatable bonds is 4. The summed E-state index contributed by atoms with van der Waals surface area (Å²) in [4.78, 5) is 19.3. The van der Waals surface area contributed by atoms with Gasteiger partial charge in [0.05, 0.1) is 16.8 Å². The number of hydrogen-bond donors (Lipinski definition) is 0. The molecule has 0 saturated carbocycles. The van der Waals surface area contributed by atoms with Crippen LogP contribution in [0.5, 0.6) is 0 Å². The minimum Gasteiger partial charge on any atom is -0.279 e. The molecule has 140 valence electrons. The quantitative estimate of drug-likeness (QED) is 0.443. The molecule has 0 saturated heterocycles. The summed E-state index contributed by atoms with van der Waals surface area (Å²) in [6, 6.07) is 18.5. The Morgan fingerprint density at radius 3 is 2.50 bits per heavy atom.